The molecule has 0 spiro atoms. The van der Waals surface area contributed by atoms with Gasteiger partial charge in [-0.15, -0.1) is 0 Å². The maximum Gasteiger partial charge on any atom is 0.449 e. The molecule has 1 aliphatic rings. The van der Waals surface area contributed by atoms with E-state index in [1.807, 2.05) is 0 Å². The molecule has 2 N–H and O–H groups in total. The van der Waals surface area contributed by atoms with Crippen LogP contribution in [0.1, 0.15) is 28.9 Å². The molecule has 0 unspecified atom stereocenters. The number of halogens is 3. The molecule has 0 fully saturated rings. The highest BCUT2D eigenvalue weighted by atomic mass is 19.4. The molecule has 0 saturated heterocycles. The van der Waals surface area contributed by atoms with Crippen LogP contribution in [0.2, 0.25) is 0 Å². The minimum Gasteiger partial charge on any atom is -0.351 e. The van der Waals surface area contributed by atoms with E-state index < -0.39 is 17.9 Å². The van der Waals surface area contributed by atoms with E-state index in [0.717, 1.165) is 4.57 Å². The normalized spacial score (nSPS) is 15.3. The van der Waals surface area contributed by atoms with Gasteiger partial charge in [0.1, 0.15) is 0 Å². The third kappa shape index (κ3) is 2.20. The maximum atomic E-state index is 12.8. The number of aromatic nitrogens is 2. The lowest BCUT2D eigenvalue weighted by Gasteiger charge is -2.19. The Kier molecular flexibility index (Phi) is 3.29. The van der Waals surface area contributed by atoms with Crippen molar-refractivity contribution in [2.75, 3.05) is 13.1 Å². The van der Waals surface area contributed by atoms with Crippen molar-refractivity contribution < 1.29 is 18.0 Å². The van der Waals surface area contributed by atoms with E-state index in [0.29, 0.717) is 18.8 Å². The molecule has 100 valence electrons. The molecule has 8 heteroatoms. The number of carbonyl (C=O) groups excluding carboxylic acids is 1. The SMILES string of the molecule is CCNC(=O)c1nc(C(F)(F)F)n2c1CNCC2. The minimum atomic E-state index is -4.54. The second-order valence-corrected chi connectivity index (χ2v) is 3.92. The van der Waals surface area contributed by atoms with E-state index in [1.54, 1.807) is 6.92 Å². The summed E-state index contributed by atoms with van der Waals surface area (Å²) in [7, 11) is 0. The van der Waals surface area contributed by atoms with Crippen LogP contribution in [-0.2, 0) is 19.3 Å². The number of amides is 1. The summed E-state index contributed by atoms with van der Waals surface area (Å²) in [6.07, 6.45) is -4.54. The van der Waals surface area contributed by atoms with Crippen LogP contribution in [0, 0.1) is 0 Å². The van der Waals surface area contributed by atoms with E-state index in [-0.39, 0.29) is 18.8 Å². The molecule has 1 aromatic heterocycles. The van der Waals surface area contributed by atoms with Gasteiger partial charge in [0.15, 0.2) is 5.69 Å². The molecular weight excluding hydrogens is 249 g/mol. The molecule has 0 bridgehead atoms. The molecule has 1 aliphatic heterocycles. The monoisotopic (exact) mass is 262 g/mol. The van der Waals surface area contributed by atoms with Crippen molar-refractivity contribution in [2.24, 2.45) is 0 Å². The van der Waals surface area contributed by atoms with Gasteiger partial charge in [0.2, 0.25) is 5.82 Å². The predicted molar refractivity (Wildman–Crippen MR) is 56.9 cm³/mol. The zero-order valence-electron chi connectivity index (χ0n) is 9.76. The molecule has 0 saturated carbocycles. The zero-order valence-corrected chi connectivity index (χ0v) is 9.76. The lowest BCUT2D eigenvalue weighted by Crippen LogP contribution is -2.32. The molecule has 0 aromatic carbocycles. The van der Waals surface area contributed by atoms with Gasteiger partial charge in [-0.05, 0) is 6.92 Å². The van der Waals surface area contributed by atoms with Gasteiger partial charge in [0.25, 0.3) is 5.91 Å². The Morgan fingerprint density at radius 3 is 2.89 bits per heavy atom. The predicted octanol–water partition coefficient (Wildman–Crippen LogP) is 0.755. The molecule has 5 nitrogen and oxygen atoms in total. The lowest BCUT2D eigenvalue weighted by molar-refractivity contribution is -0.147. The van der Waals surface area contributed by atoms with Crippen LogP contribution in [-0.4, -0.2) is 28.5 Å². The first-order valence-corrected chi connectivity index (χ1v) is 5.60. The summed E-state index contributed by atoms with van der Waals surface area (Å²) in [6.45, 7) is 2.86. The summed E-state index contributed by atoms with van der Waals surface area (Å²) in [5.41, 5.74) is 0.149. The van der Waals surface area contributed by atoms with Crippen molar-refractivity contribution in [2.45, 2.75) is 26.2 Å². The first-order chi connectivity index (χ1) is 8.45. The summed E-state index contributed by atoms with van der Waals surface area (Å²) >= 11 is 0. The van der Waals surface area contributed by atoms with Crippen LogP contribution in [0.15, 0.2) is 0 Å². The van der Waals surface area contributed by atoms with E-state index in [4.69, 9.17) is 0 Å². The van der Waals surface area contributed by atoms with Gasteiger partial charge in [0, 0.05) is 26.2 Å². The van der Waals surface area contributed by atoms with E-state index in [1.165, 1.54) is 0 Å². The zero-order chi connectivity index (χ0) is 13.3. The number of alkyl halides is 3. The van der Waals surface area contributed by atoms with Crippen molar-refractivity contribution in [1.82, 2.24) is 20.2 Å². The van der Waals surface area contributed by atoms with Crippen LogP contribution in [0.4, 0.5) is 13.2 Å². The quantitative estimate of drug-likeness (QED) is 0.827. The second kappa shape index (κ2) is 4.60. The Labute approximate surface area is 101 Å². The van der Waals surface area contributed by atoms with Crippen molar-refractivity contribution in [3.05, 3.63) is 17.2 Å². The Hall–Kier alpha value is -1.57. The number of imidazole rings is 1. The van der Waals surface area contributed by atoms with Gasteiger partial charge >= 0.3 is 6.18 Å². The second-order valence-electron chi connectivity index (χ2n) is 3.92. The molecule has 0 radical (unpaired) electrons. The van der Waals surface area contributed by atoms with Gasteiger partial charge in [-0.3, -0.25) is 4.79 Å². The molecule has 0 atom stereocenters. The Bertz CT molecular complexity index is 466. The topological polar surface area (TPSA) is 59.0 Å². The largest absolute Gasteiger partial charge is 0.449 e. The fourth-order valence-electron chi connectivity index (χ4n) is 1.95. The molecule has 18 heavy (non-hydrogen) atoms. The number of hydrogen-bond acceptors (Lipinski definition) is 3. The standard InChI is InChI=1S/C10H13F3N4O/c1-2-15-8(18)7-6-5-14-3-4-17(6)9(16-7)10(11,12)13/h14H,2-5H2,1H3,(H,15,18). The summed E-state index contributed by atoms with van der Waals surface area (Å²) in [4.78, 5) is 15.1. The van der Waals surface area contributed by atoms with Gasteiger partial charge in [-0.2, -0.15) is 13.2 Å². The summed E-state index contributed by atoms with van der Waals surface area (Å²) in [5.74, 6) is -1.57. The highest BCUT2D eigenvalue weighted by Gasteiger charge is 2.40. The van der Waals surface area contributed by atoms with E-state index in [9.17, 15) is 18.0 Å². The van der Waals surface area contributed by atoms with E-state index in [2.05, 4.69) is 15.6 Å². The number of rotatable bonds is 2. The number of nitrogens with one attached hydrogen (secondary N) is 2. The minimum absolute atomic E-state index is 0.142. The smallest absolute Gasteiger partial charge is 0.351 e. The van der Waals surface area contributed by atoms with Crippen molar-refractivity contribution in [3.63, 3.8) is 0 Å². The molecule has 2 heterocycles. The first-order valence-electron chi connectivity index (χ1n) is 5.60. The highest BCUT2D eigenvalue weighted by molar-refractivity contribution is 5.93. The van der Waals surface area contributed by atoms with Crippen molar-refractivity contribution in [1.29, 1.82) is 0 Å². The Balaban J connectivity index is 2.48. The highest BCUT2D eigenvalue weighted by Crippen LogP contribution is 2.31. The van der Waals surface area contributed by atoms with Crippen LogP contribution in [0.3, 0.4) is 0 Å². The maximum absolute atomic E-state index is 12.8. The molecule has 1 amide bonds. The first kappa shape index (κ1) is 12.9. The number of fused-ring (bicyclic) bond motifs is 1. The van der Waals surface area contributed by atoms with Crippen LogP contribution in [0.5, 0.6) is 0 Å². The van der Waals surface area contributed by atoms with Crippen molar-refractivity contribution in [3.8, 4) is 0 Å². The van der Waals surface area contributed by atoms with Crippen LogP contribution in [0.25, 0.3) is 0 Å². The third-order valence-electron chi connectivity index (χ3n) is 2.68. The fraction of sp³-hybridized carbons (Fsp3) is 0.600. The summed E-state index contributed by atoms with van der Waals surface area (Å²) in [5, 5.41) is 5.40. The number of carbonyl (C=O) groups is 1. The van der Waals surface area contributed by atoms with Crippen LogP contribution >= 0.6 is 0 Å². The molecular formula is C10H13F3N4O. The van der Waals surface area contributed by atoms with Gasteiger partial charge in [-0.25, -0.2) is 4.98 Å². The molecule has 1 aromatic rings. The average molecular weight is 262 g/mol. The van der Waals surface area contributed by atoms with Gasteiger partial charge in [0.05, 0.1) is 5.69 Å². The Morgan fingerprint density at radius 1 is 1.56 bits per heavy atom. The average Bonchev–Trinajstić information content (AvgIpc) is 2.68. The lowest BCUT2D eigenvalue weighted by atomic mass is 10.2. The Morgan fingerprint density at radius 2 is 2.28 bits per heavy atom. The summed E-state index contributed by atoms with van der Waals surface area (Å²) in [6, 6.07) is 0. The van der Waals surface area contributed by atoms with Crippen molar-refractivity contribution >= 4 is 5.91 Å². The van der Waals surface area contributed by atoms with Crippen LogP contribution < -0.4 is 10.6 Å². The molecule has 2 rings (SSSR count). The summed E-state index contributed by atoms with van der Waals surface area (Å²) < 4.78 is 39.5. The number of nitrogens with zero attached hydrogens (tertiary/aromatic N) is 2. The third-order valence-corrected chi connectivity index (χ3v) is 2.68. The number of hydrogen-bond donors (Lipinski definition) is 2. The van der Waals surface area contributed by atoms with E-state index >= 15 is 0 Å². The molecule has 0 aliphatic carbocycles. The fourth-order valence-corrected chi connectivity index (χ4v) is 1.95. The van der Waals surface area contributed by atoms with Gasteiger partial charge in [-0.1, -0.05) is 0 Å². The van der Waals surface area contributed by atoms with Gasteiger partial charge < -0.3 is 15.2 Å².